The summed E-state index contributed by atoms with van der Waals surface area (Å²) in [4.78, 5) is 0. The Hall–Kier alpha value is -3.52. The van der Waals surface area contributed by atoms with Crippen molar-refractivity contribution in [2.45, 2.75) is 6.92 Å². The van der Waals surface area contributed by atoms with E-state index in [1.165, 1.54) is 21.9 Å². The van der Waals surface area contributed by atoms with Crippen molar-refractivity contribution in [2.75, 3.05) is 0 Å². The molecule has 0 aliphatic heterocycles. The van der Waals surface area contributed by atoms with Gasteiger partial charge in [0.1, 0.15) is 5.58 Å². The lowest BCUT2D eigenvalue weighted by Gasteiger charge is -2.08. The number of rotatable bonds is 1. The number of nitrogens with zero attached hydrogens (tertiary/aromatic N) is 1. The SMILES string of the molecule is Cc1cccc(-n2c3ccccc3c3ccc4c5ccccc5oc4c32)c1. The molecule has 4 aromatic carbocycles. The van der Waals surface area contributed by atoms with E-state index >= 15 is 0 Å². The van der Waals surface area contributed by atoms with Crippen LogP contribution in [0.15, 0.2) is 89.3 Å². The van der Waals surface area contributed by atoms with Crippen LogP contribution in [0, 0.1) is 6.92 Å². The van der Waals surface area contributed by atoms with Crippen molar-refractivity contribution in [3.05, 3.63) is 90.5 Å². The Labute approximate surface area is 156 Å². The van der Waals surface area contributed by atoms with Gasteiger partial charge in [0.25, 0.3) is 0 Å². The van der Waals surface area contributed by atoms with Crippen LogP contribution in [0.25, 0.3) is 49.4 Å². The summed E-state index contributed by atoms with van der Waals surface area (Å²) >= 11 is 0. The summed E-state index contributed by atoms with van der Waals surface area (Å²) in [6.45, 7) is 2.13. The van der Waals surface area contributed by atoms with Gasteiger partial charge in [-0.05, 0) is 42.8 Å². The van der Waals surface area contributed by atoms with Gasteiger partial charge in [0.05, 0.1) is 11.0 Å². The molecule has 0 amide bonds. The second-order valence-electron chi connectivity index (χ2n) is 7.13. The molecule has 0 fully saturated rings. The smallest absolute Gasteiger partial charge is 0.160 e. The Morgan fingerprint density at radius 2 is 1.44 bits per heavy atom. The zero-order chi connectivity index (χ0) is 18.0. The van der Waals surface area contributed by atoms with Gasteiger partial charge in [0.15, 0.2) is 5.58 Å². The van der Waals surface area contributed by atoms with Crippen LogP contribution in [0.4, 0.5) is 0 Å². The average molecular weight is 347 g/mol. The van der Waals surface area contributed by atoms with Crippen molar-refractivity contribution in [2.24, 2.45) is 0 Å². The lowest BCUT2D eigenvalue weighted by atomic mass is 10.1. The number of aryl methyl sites for hydroxylation is 1. The molecule has 0 saturated carbocycles. The fraction of sp³-hybridized carbons (Fsp3) is 0.0400. The summed E-state index contributed by atoms with van der Waals surface area (Å²) in [5, 5.41) is 4.79. The molecular formula is C25H17NO. The normalized spacial score (nSPS) is 11.9. The Balaban J connectivity index is 1.90. The van der Waals surface area contributed by atoms with Crippen molar-refractivity contribution >= 4 is 43.7 Å². The molecule has 0 aliphatic rings. The molecule has 0 N–H and O–H groups in total. The van der Waals surface area contributed by atoms with Crippen LogP contribution in [0.1, 0.15) is 5.56 Å². The van der Waals surface area contributed by atoms with E-state index in [9.17, 15) is 0 Å². The fourth-order valence-electron chi connectivity index (χ4n) is 4.27. The minimum absolute atomic E-state index is 0.932. The highest BCUT2D eigenvalue weighted by Crippen LogP contribution is 2.39. The van der Waals surface area contributed by atoms with Crippen LogP contribution in [0.5, 0.6) is 0 Å². The van der Waals surface area contributed by atoms with Crippen molar-refractivity contribution in [1.82, 2.24) is 4.57 Å². The molecule has 0 spiro atoms. The first kappa shape index (κ1) is 14.6. The lowest BCUT2D eigenvalue weighted by Crippen LogP contribution is -1.94. The first-order valence-electron chi connectivity index (χ1n) is 9.22. The van der Waals surface area contributed by atoms with Crippen LogP contribution in [-0.2, 0) is 0 Å². The molecule has 2 aromatic heterocycles. The lowest BCUT2D eigenvalue weighted by molar-refractivity contribution is 0.671. The second-order valence-corrected chi connectivity index (χ2v) is 7.13. The second kappa shape index (κ2) is 5.24. The average Bonchev–Trinajstić information content (AvgIpc) is 3.24. The minimum atomic E-state index is 0.932. The van der Waals surface area contributed by atoms with Crippen LogP contribution in [0.2, 0.25) is 0 Å². The Morgan fingerprint density at radius 3 is 2.33 bits per heavy atom. The van der Waals surface area contributed by atoms with Crippen LogP contribution >= 0.6 is 0 Å². The summed E-state index contributed by atoms with van der Waals surface area (Å²) < 4.78 is 8.70. The monoisotopic (exact) mass is 347 g/mol. The molecule has 2 nitrogen and oxygen atoms in total. The topological polar surface area (TPSA) is 18.1 Å². The minimum Gasteiger partial charge on any atom is -0.454 e. The molecule has 0 saturated heterocycles. The maximum atomic E-state index is 6.37. The first-order valence-corrected chi connectivity index (χ1v) is 9.22. The first-order chi connectivity index (χ1) is 13.3. The van der Waals surface area contributed by atoms with E-state index in [-0.39, 0.29) is 0 Å². The number of furan rings is 1. The van der Waals surface area contributed by atoms with E-state index < -0.39 is 0 Å². The number of hydrogen-bond acceptors (Lipinski definition) is 1. The number of para-hydroxylation sites is 2. The Bertz CT molecular complexity index is 1480. The van der Waals surface area contributed by atoms with E-state index in [0.717, 1.165) is 33.1 Å². The number of aromatic nitrogens is 1. The highest BCUT2D eigenvalue weighted by Gasteiger charge is 2.18. The van der Waals surface area contributed by atoms with Crippen molar-refractivity contribution in [1.29, 1.82) is 0 Å². The maximum Gasteiger partial charge on any atom is 0.160 e. The largest absolute Gasteiger partial charge is 0.454 e. The molecule has 128 valence electrons. The molecule has 0 atom stereocenters. The summed E-state index contributed by atoms with van der Waals surface area (Å²) in [6.07, 6.45) is 0. The molecule has 0 radical (unpaired) electrons. The van der Waals surface area contributed by atoms with Gasteiger partial charge in [-0.25, -0.2) is 0 Å². The third-order valence-electron chi connectivity index (χ3n) is 5.44. The number of hydrogen-bond donors (Lipinski definition) is 0. The van der Waals surface area contributed by atoms with Gasteiger partial charge in [-0.3, -0.25) is 0 Å². The van der Waals surface area contributed by atoms with Crippen molar-refractivity contribution < 1.29 is 4.42 Å². The fourth-order valence-corrected chi connectivity index (χ4v) is 4.27. The number of benzene rings is 4. The zero-order valence-electron chi connectivity index (χ0n) is 14.9. The van der Waals surface area contributed by atoms with Gasteiger partial charge in [0.2, 0.25) is 0 Å². The molecule has 27 heavy (non-hydrogen) atoms. The summed E-state index contributed by atoms with van der Waals surface area (Å²) in [5.41, 5.74) is 6.62. The van der Waals surface area contributed by atoms with E-state index in [0.29, 0.717) is 0 Å². The van der Waals surface area contributed by atoms with Gasteiger partial charge in [-0.15, -0.1) is 0 Å². The predicted octanol–water partition coefficient (Wildman–Crippen LogP) is 6.99. The molecule has 6 rings (SSSR count). The summed E-state index contributed by atoms with van der Waals surface area (Å²) in [5.74, 6) is 0. The zero-order valence-corrected chi connectivity index (χ0v) is 14.9. The molecule has 2 heteroatoms. The van der Waals surface area contributed by atoms with Gasteiger partial charge < -0.3 is 8.98 Å². The highest BCUT2D eigenvalue weighted by molar-refractivity contribution is 6.21. The van der Waals surface area contributed by atoms with Gasteiger partial charge in [-0.1, -0.05) is 54.6 Å². The van der Waals surface area contributed by atoms with Crippen LogP contribution in [0.3, 0.4) is 0 Å². The molecule has 0 bridgehead atoms. The molecule has 6 aromatic rings. The quantitative estimate of drug-likeness (QED) is 0.313. The standard InChI is InChI=1S/C25H17NO/c1-16-7-6-8-17(15-16)26-22-11-4-2-9-18(22)20-13-14-21-19-10-3-5-12-23(19)27-25(21)24(20)26/h2-15H,1H3. The molecular weight excluding hydrogens is 330 g/mol. The molecule has 0 aliphatic carbocycles. The van der Waals surface area contributed by atoms with E-state index in [1.54, 1.807) is 0 Å². The predicted molar refractivity (Wildman–Crippen MR) is 113 cm³/mol. The molecule has 0 unspecified atom stereocenters. The van der Waals surface area contributed by atoms with E-state index in [2.05, 4.69) is 84.3 Å². The van der Waals surface area contributed by atoms with Crippen molar-refractivity contribution in [3.63, 3.8) is 0 Å². The molecule has 2 heterocycles. The third kappa shape index (κ3) is 1.95. The van der Waals surface area contributed by atoms with Crippen LogP contribution in [-0.4, -0.2) is 4.57 Å². The Kier molecular flexibility index (Phi) is 2.84. The van der Waals surface area contributed by atoms with E-state index in [1.807, 2.05) is 12.1 Å². The highest BCUT2D eigenvalue weighted by atomic mass is 16.3. The Morgan fingerprint density at radius 1 is 0.667 bits per heavy atom. The van der Waals surface area contributed by atoms with Gasteiger partial charge in [0, 0.05) is 27.2 Å². The number of fused-ring (bicyclic) bond motifs is 7. The van der Waals surface area contributed by atoms with Gasteiger partial charge in [-0.2, -0.15) is 0 Å². The van der Waals surface area contributed by atoms with Crippen LogP contribution < -0.4 is 0 Å². The van der Waals surface area contributed by atoms with Crippen molar-refractivity contribution in [3.8, 4) is 5.69 Å². The third-order valence-corrected chi connectivity index (χ3v) is 5.44. The van der Waals surface area contributed by atoms with Gasteiger partial charge >= 0.3 is 0 Å². The summed E-state index contributed by atoms with van der Waals surface area (Å²) in [6, 6.07) is 29.9. The maximum absolute atomic E-state index is 6.37. The van der Waals surface area contributed by atoms with E-state index in [4.69, 9.17) is 4.42 Å². The summed E-state index contributed by atoms with van der Waals surface area (Å²) in [7, 11) is 0.